The first-order valence-electron chi connectivity index (χ1n) is 9.96. The Balaban J connectivity index is 1.74. The van der Waals surface area contributed by atoms with Crippen LogP contribution < -0.4 is 5.32 Å². The smallest absolute Gasteiger partial charge is 0.339 e. The third-order valence-corrected chi connectivity index (χ3v) is 6.51. The van der Waals surface area contributed by atoms with Crippen LogP contribution in [0, 0.1) is 32.1 Å². The maximum absolute atomic E-state index is 12.7. The van der Waals surface area contributed by atoms with Gasteiger partial charge in [0.05, 0.1) is 11.1 Å². The second kappa shape index (κ2) is 8.79. The zero-order valence-corrected chi connectivity index (χ0v) is 18.2. The van der Waals surface area contributed by atoms with E-state index in [0.29, 0.717) is 16.1 Å². The number of hydrogen-bond acceptors (Lipinski definition) is 5. The molecule has 1 atom stereocenters. The molecule has 1 amide bonds. The number of nitriles is 1. The van der Waals surface area contributed by atoms with E-state index < -0.39 is 18.0 Å². The van der Waals surface area contributed by atoms with E-state index in [-0.39, 0.29) is 0 Å². The second-order valence-corrected chi connectivity index (χ2v) is 8.80. The first-order chi connectivity index (χ1) is 13.8. The fourth-order valence-corrected chi connectivity index (χ4v) is 5.18. The van der Waals surface area contributed by atoms with Crippen LogP contribution in [0.5, 0.6) is 0 Å². The highest BCUT2D eigenvalue weighted by molar-refractivity contribution is 7.16. The van der Waals surface area contributed by atoms with E-state index in [2.05, 4.69) is 11.4 Å². The van der Waals surface area contributed by atoms with Gasteiger partial charge in [-0.05, 0) is 70.1 Å². The number of fused-ring (bicyclic) bond motifs is 1. The summed E-state index contributed by atoms with van der Waals surface area (Å²) in [6.07, 6.45) is 4.20. The molecule has 1 aromatic carbocycles. The zero-order valence-electron chi connectivity index (χ0n) is 17.3. The Morgan fingerprint density at radius 3 is 2.45 bits per heavy atom. The highest BCUT2D eigenvalue weighted by Gasteiger charge is 2.25. The van der Waals surface area contributed by atoms with Crippen molar-refractivity contribution in [3.8, 4) is 6.07 Å². The first-order valence-corrected chi connectivity index (χ1v) is 10.8. The third kappa shape index (κ3) is 4.51. The summed E-state index contributed by atoms with van der Waals surface area (Å²) in [5.41, 5.74) is 4.85. The van der Waals surface area contributed by atoms with Crippen molar-refractivity contribution in [2.75, 3.05) is 5.32 Å². The fourth-order valence-electron chi connectivity index (χ4n) is 3.94. The van der Waals surface area contributed by atoms with E-state index in [1.54, 1.807) is 6.92 Å². The Labute approximate surface area is 175 Å². The quantitative estimate of drug-likeness (QED) is 0.568. The molecule has 0 saturated heterocycles. The van der Waals surface area contributed by atoms with Gasteiger partial charge in [-0.2, -0.15) is 5.26 Å². The second-order valence-electron chi connectivity index (χ2n) is 7.69. The maximum atomic E-state index is 12.7. The van der Waals surface area contributed by atoms with Crippen LogP contribution in [-0.4, -0.2) is 18.0 Å². The van der Waals surface area contributed by atoms with Gasteiger partial charge in [-0.25, -0.2) is 4.79 Å². The molecular weight excluding hydrogens is 384 g/mol. The fraction of sp³-hybridized carbons (Fsp3) is 0.435. The molecule has 1 N–H and O–H groups in total. The molecule has 1 unspecified atom stereocenters. The van der Waals surface area contributed by atoms with Crippen LogP contribution in [0.15, 0.2) is 12.1 Å². The molecule has 1 heterocycles. The van der Waals surface area contributed by atoms with Crippen molar-refractivity contribution >= 4 is 28.2 Å². The van der Waals surface area contributed by atoms with Crippen LogP contribution in [0.1, 0.15) is 69.2 Å². The van der Waals surface area contributed by atoms with Gasteiger partial charge in [-0.15, -0.1) is 11.3 Å². The van der Waals surface area contributed by atoms with Crippen molar-refractivity contribution in [3.05, 3.63) is 50.4 Å². The Morgan fingerprint density at radius 2 is 1.79 bits per heavy atom. The number of benzene rings is 1. The number of thiophene rings is 1. The summed E-state index contributed by atoms with van der Waals surface area (Å²) in [6, 6.07) is 6.10. The van der Waals surface area contributed by atoms with Crippen LogP contribution in [0.4, 0.5) is 5.00 Å². The highest BCUT2D eigenvalue weighted by atomic mass is 32.1. The van der Waals surface area contributed by atoms with Crippen LogP contribution in [0.25, 0.3) is 0 Å². The first kappa shape index (κ1) is 21.1. The summed E-state index contributed by atoms with van der Waals surface area (Å²) in [4.78, 5) is 26.5. The summed E-state index contributed by atoms with van der Waals surface area (Å²) >= 11 is 1.47. The predicted molar refractivity (Wildman–Crippen MR) is 114 cm³/mol. The zero-order chi connectivity index (χ0) is 21.1. The van der Waals surface area contributed by atoms with Crippen LogP contribution in [-0.2, 0) is 22.4 Å². The number of rotatable bonds is 4. The summed E-state index contributed by atoms with van der Waals surface area (Å²) in [7, 11) is 0. The van der Waals surface area contributed by atoms with Crippen molar-refractivity contribution in [2.45, 2.75) is 65.9 Å². The number of amides is 1. The maximum Gasteiger partial charge on any atom is 0.339 e. The van der Waals surface area contributed by atoms with E-state index in [9.17, 15) is 14.9 Å². The van der Waals surface area contributed by atoms with E-state index in [1.165, 1.54) is 22.6 Å². The molecule has 2 aromatic rings. The molecule has 6 heteroatoms. The number of aryl methyl sites for hydroxylation is 4. The van der Waals surface area contributed by atoms with E-state index in [0.717, 1.165) is 47.9 Å². The Kier molecular flexibility index (Phi) is 6.39. The average Bonchev–Trinajstić information content (AvgIpc) is 2.80. The normalized spacial score (nSPS) is 14.3. The van der Waals surface area contributed by atoms with Gasteiger partial charge in [0, 0.05) is 4.88 Å². The molecule has 3 rings (SSSR count). The molecule has 0 fully saturated rings. The summed E-state index contributed by atoms with van der Waals surface area (Å²) in [6.45, 7) is 7.25. The Morgan fingerprint density at radius 1 is 1.14 bits per heavy atom. The lowest BCUT2D eigenvalue weighted by molar-refractivity contribution is -0.123. The number of nitrogens with zero attached hydrogens (tertiary/aromatic N) is 1. The van der Waals surface area contributed by atoms with Crippen LogP contribution in [0.3, 0.4) is 0 Å². The third-order valence-electron chi connectivity index (χ3n) is 5.30. The van der Waals surface area contributed by atoms with Gasteiger partial charge in [-0.1, -0.05) is 24.1 Å². The van der Waals surface area contributed by atoms with Gasteiger partial charge >= 0.3 is 5.97 Å². The minimum Gasteiger partial charge on any atom is -0.449 e. The van der Waals surface area contributed by atoms with Crippen LogP contribution in [0.2, 0.25) is 0 Å². The molecule has 1 aliphatic rings. The molecule has 152 valence electrons. The monoisotopic (exact) mass is 410 g/mol. The molecule has 5 nitrogen and oxygen atoms in total. The molecule has 0 aliphatic heterocycles. The number of carbonyl (C=O) groups excluding carboxylic acids is 2. The van der Waals surface area contributed by atoms with Gasteiger partial charge in [-0.3, -0.25) is 4.79 Å². The molecule has 0 bridgehead atoms. The summed E-state index contributed by atoms with van der Waals surface area (Å²) in [5, 5.41) is 13.0. The van der Waals surface area contributed by atoms with Crippen molar-refractivity contribution in [1.82, 2.24) is 0 Å². The molecule has 1 aliphatic carbocycles. The number of nitrogens with one attached hydrogen (secondary N) is 1. The predicted octanol–water partition coefficient (Wildman–Crippen LogP) is 5.00. The Hall–Kier alpha value is -2.65. The van der Waals surface area contributed by atoms with Gasteiger partial charge < -0.3 is 10.1 Å². The van der Waals surface area contributed by atoms with Crippen molar-refractivity contribution in [1.29, 1.82) is 5.26 Å². The lowest BCUT2D eigenvalue weighted by Crippen LogP contribution is -2.30. The number of anilines is 1. The number of ether oxygens (including phenoxy) is 1. The van der Waals surface area contributed by atoms with E-state index >= 15 is 0 Å². The molecule has 0 radical (unpaired) electrons. The van der Waals surface area contributed by atoms with Gasteiger partial charge in [0.25, 0.3) is 5.91 Å². The summed E-state index contributed by atoms with van der Waals surface area (Å²) < 4.78 is 5.44. The van der Waals surface area contributed by atoms with Crippen molar-refractivity contribution in [3.63, 3.8) is 0 Å². The minimum atomic E-state index is -0.962. The van der Waals surface area contributed by atoms with E-state index in [1.807, 2.05) is 32.9 Å². The van der Waals surface area contributed by atoms with Gasteiger partial charge in [0.1, 0.15) is 11.1 Å². The van der Waals surface area contributed by atoms with Crippen molar-refractivity contribution < 1.29 is 14.3 Å². The molecular formula is C23H26N2O3S. The molecule has 0 saturated carbocycles. The average molecular weight is 411 g/mol. The molecule has 1 aromatic heterocycles. The lowest BCUT2D eigenvalue weighted by Gasteiger charge is -2.15. The molecule has 29 heavy (non-hydrogen) atoms. The topological polar surface area (TPSA) is 79.2 Å². The summed E-state index contributed by atoms with van der Waals surface area (Å²) in [5.74, 6) is -0.932. The SMILES string of the molecule is Cc1cc(C)c(C(=O)OC(C)C(=O)Nc2sc3c(c2C#N)CCCCC3)c(C)c1. The van der Waals surface area contributed by atoms with Crippen LogP contribution >= 0.6 is 11.3 Å². The van der Waals surface area contributed by atoms with E-state index in [4.69, 9.17) is 4.74 Å². The van der Waals surface area contributed by atoms with Gasteiger partial charge in [0.2, 0.25) is 0 Å². The minimum absolute atomic E-state index is 0.423. The molecule has 0 spiro atoms. The number of hydrogen-bond donors (Lipinski definition) is 1. The Bertz CT molecular complexity index is 977. The lowest BCUT2D eigenvalue weighted by atomic mass is 10.00. The van der Waals surface area contributed by atoms with Gasteiger partial charge in [0.15, 0.2) is 6.10 Å². The highest BCUT2D eigenvalue weighted by Crippen LogP contribution is 2.37. The number of esters is 1. The standard InChI is InChI=1S/C23H26N2O3S/c1-13-10-14(2)20(15(3)11-13)23(27)28-16(4)21(26)25-22-18(12-24)17-8-6-5-7-9-19(17)29-22/h10-11,16H,5-9H2,1-4H3,(H,25,26). The van der Waals surface area contributed by atoms with Crippen molar-refractivity contribution in [2.24, 2.45) is 0 Å². The largest absolute Gasteiger partial charge is 0.449 e. The number of carbonyl (C=O) groups is 2.